The lowest BCUT2D eigenvalue weighted by Gasteiger charge is -2.20. The molecule has 0 saturated heterocycles. The van der Waals surface area contributed by atoms with Gasteiger partial charge in [0.15, 0.2) is 0 Å². The van der Waals surface area contributed by atoms with Gasteiger partial charge >= 0.3 is 0 Å². The molecular formula is C13H28N2O3. The van der Waals surface area contributed by atoms with Crippen LogP contribution in [0.5, 0.6) is 0 Å². The summed E-state index contributed by atoms with van der Waals surface area (Å²) in [7, 11) is 1.58. The fraction of sp³-hybridized carbons (Fsp3) is 0.923. The van der Waals surface area contributed by atoms with Gasteiger partial charge in [0.05, 0.1) is 12.6 Å². The molecule has 0 aromatic rings. The Bertz CT molecular complexity index is 210. The molecule has 0 bridgehead atoms. The number of ether oxygens (including phenoxy) is 1. The minimum Gasteiger partial charge on any atom is -0.396 e. The highest BCUT2D eigenvalue weighted by Gasteiger charge is 2.17. The number of nitrogens with one attached hydrogen (secondary N) is 1. The van der Waals surface area contributed by atoms with E-state index in [2.05, 4.69) is 19.2 Å². The molecule has 2 atom stereocenters. The average molecular weight is 260 g/mol. The Labute approximate surface area is 110 Å². The first-order valence-corrected chi connectivity index (χ1v) is 6.62. The number of methoxy groups -OCH3 is 1. The van der Waals surface area contributed by atoms with E-state index in [1.54, 1.807) is 7.11 Å². The quantitative estimate of drug-likeness (QED) is 0.534. The van der Waals surface area contributed by atoms with Crippen molar-refractivity contribution in [3.63, 3.8) is 0 Å². The topological polar surface area (TPSA) is 84.6 Å². The molecule has 0 radical (unpaired) electrons. The van der Waals surface area contributed by atoms with Crippen molar-refractivity contribution < 1.29 is 14.6 Å². The van der Waals surface area contributed by atoms with Gasteiger partial charge in [-0.05, 0) is 31.2 Å². The molecule has 4 N–H and O–H groups in total. The van der Waals surface area contributed by atoms with Crippen molar-refractivity contribution >= 4 is 5.91 Å². The SMILES string of the molecule is COCC(CCO)NC(=O)CC(CN)CC(C)C. The Kier molecular flexibility index (Phi) is 9.92. The summed E-state index contributed by atoms with van der Waals surface area (Å²) >= 11 is 0. The minimum atomic E-state index is -0.120. The first kappa shape index (κ1) is 17.4. The van der Waals surface area contributed by atoms with Gasteiger partial charge < -0.3 is 20.9 Å². The van der Waals surface area contributed by atoms with Gasteiger partial charge in [-0.15, -0.1) is 0 Å². The number of rotatable bonds is 10. The fourth-order valence-corrected chi connectivity index (χ4v) is 2.03. The molecule has 1 amide bonds. The van der Waals surface area contributed by atoms with Crippen LogP contribution in [0.3, 0.4) is 0 Å². The Hall–Kier alpha value is -0.650. The van der Waals surface area contributed by atoms with Gasteiger partial charge in [0, 0.05) is 20.1 Å². The molecule has 0 aromatic heterocycles. The lowest BCUT2D eigenvalue weighted by Crippen LogP contribution is -2.40. The number of carbonyl (C=O) groups is 1. The van der Waals surface area contributed by atoms with E-state index in [0.717, 1.165) is 6.42 Å². The summed E-state index contributed by atoms with van der Waals surface area (Å²) in [5.41, 5.74) is 5.67. The third-order valence-corrected chi connectivity index (χ3v) is 2.82. The third kappa shape index (κ3) is 8.44. The average Bonchev–Trinajstić information content (AvgIpc) is 2.28. The molecule has 108 valence electrons. The van der Waals surface area contributed by atoms with Crippen LogP contribution >= 0.6 is 0 Å². The van der Waals surface area contributed by atoms with Crippen molar-refractivity contribution in [2.75, 3.05) is 26.9 Å². The van der Waals surface area contributed by atoms with Crippen molar-refractivity contribution in [1.29, 1.82) is 0 Å². The molecular weight excluding hydrogens is 232 g/mol. The van der Waals surface area contributed by atoms with Crippen LogP contribution in [0.1, 0.15) is 33.1 Å². The summed E-state index contributed by atoms with van der Waals surface area (Å²) < 4.78 is 5.00. The lowest BCUT2D eigenvalue weighted by molar-refractivity contribution is -0.123. The molecule has 18 heavy (non-hydrogen) atoms. The minimum absolute atomic E-state index is 0.0124. The van der Waals surface area contributed by atoms with Gasteiger partial charge in [-0.2, -0.15) is 0 Å². The molecule has 2 unspecified atom stereocenters. The molecule has 0 heterocycles. The molecule has 0 aromatic carbocycles. The molecule has 0 spiro atoms. The predicted octanol–water partition coefficient (Wildman–Crippen LogP) is 0.511. The largest absolute Gasteiger partial charge is 0.396 e. The maximum Gasteiger partial charge on any atom is 0.220 e. The molecule has 0 aliphatic rings. The monoisotopic (exact) mass is 260 g/mol. The number of nitrogens with two attached hydrogens (primary N) is 1. The second kappa shape index (κ2) is 10.3. The maximum atomic E-state index is 11.9. The summed E-state index contributed by atoms with van der Waals surface area (Å²) in [6.45, 7) is 5.24. The van der Waals surface area contributed by atoms with Gasteiger partial charge in [0.25, 0.3) is 0 Å². The second-order valence-electron chi connectivity index (χ2n) is 5.17. The molecule has 0 fully saturated rings. The Morgan fingerprint density at radius 3 is 2.56 bits per heavy atom. The van der Waals surface area contributed by atoms with E-state index in [1.165, 1.54) is 0 Å². The molecule has 5 heteroatoms. The summed E-state index contributed by atoms with van der Waals surface area (Å²) in [6.07, 6.45) is 1.91. The third-order valence-electron chi connectivity index (χ3n) is 2.82. The van der Waals surface area contributed by atoms with Crippen molar-refractivity contribution in [2.45, 2.75) is 39.2 Å². The maximum absolute atomic E-state index is 11.9. The van der Waals surface area contributed by atoms with Crippen LogP contribution in [0, 0.1) is 11.8 Å². The number of amides is 1. The number of aliphatic hydroxyl groups is 1. The zero-order valence-electron chi connectivity index (χ0n) is 11.8. The van der Waals surface area contributed by atoms with Crippen molar-refractivity contribution in [1.82, 2.24) is 5.32 Å². The van der Waals surface area contributed by atoms with Crippen LogP contribution in [-0.2, 0) is 9.53 Å². The Morgan fingerprint density at radius 2 is 2.11 bits per heavy atom. The highest BCUT2D eigenvalue weighted by atomic mass is 16.5. The van der Waals surface area contributed by atoms with Gasteiger partial charge in [-0.1, -0.05) is 13.8 Å². The highest BCUT2D eigenvalue weighted by molar-refractivity contribution is 5.76. The van der Waals surface area contributed by atoms with Crippen molar-refractivity contribution in [3.8, 4) is 0 Å². The van der Waals surface area contributed by atoms with Crippen molar-refractivity contribution in [3.05, 3.63) is 0 Å². The van der Waals surface area contributed by atoms with Gasteiger partial charge in [-0.25, -0.2) is 0 Å². The number of aliphatic hydroxyl groups excluding tert-OH is 1. The predicted molar refractivity (Wildman–Crippen MR) is 72.1 cm³/mol. The van der Waals surface area contributed by atoms with E-state index in [0.29, 0.717) is 31.9 Å². The normalized spacial score (nSPS) is 14.6. The van der Waals surface area contributed by atoms with Gasteiger partial charge in [-0.3, -0.25) is 4.79 Å². The van der Waals surface area contributed by atoms with E-state index in [4.69, 9.17) is 15.6 Å². The Balaban J connectivity index is 4.11. The molecule has 0 aliphatic carbocycles. The first-order valence-electron chi connectivity index (χ1n) is 6.62. The number of carbonyl (C=O) groups excluding carboxylic acids is 1. The van der Waals surface area contributed by atoms with Crippen LogP contribution in [0.15, 0.2) is 0 Å². The van der Waals surface area contributed by atoms with E-state index in [1.807, 2.05) is 0 Å². The molecule has 0 saturated carbocycles. The standard InChI is InChI=1S/C13H28N2O3/c1-10(2)6-11(8-14)7-13(17)15-12(4-5-16)9-18-3/h10-12,16H,4-9,14H2,1-3H3,(H,15,17). The zero-order valence-corrected chi connectivity index (χ0v) is 11.8. The van der Waals surface area contributed by atoms with Crippen LogP contribution in [0.4, 0.5) is 0 Å². The Morgan fingerprint density at radius 1 is 1.44 bits per heavy atom. The second-order valence-corrected chi connectivity index (χ2v) is 5.17. The molecule has 5 nitrogen and oxygen atoms in total. The number of hydrogen-bond acceptors (Lipinski definition) is 4. The molecule has 0 aliphatic heterocycles. The summed E-state index contributed by atoms with van der Waals surface area (Å²) in [5, 5.41) is 11.8. The van der Waals surface area contributed by atoms with E-state index in [9.17, 15) is 4.79 Å². The molecule has 0 rings (SSSR count). The van der Waals surface area contributed by atoms with Crippen LogP contribution in [0.2, 0.25) is 0 Å². The van der Waals surface area contributed by atoms with Crippen LogP contribution < -0.4 is 11.1 Å². The summed E-state index contributed by atoms with van der Waals surface area (Å²) in [5.74, 6) is 0.752. The van der Waals surface area contributed by atoms with Crippen LogP contribution in [0.25, 0.3) is 0 Å². The van der Waals surface area contributed by atoms with Gasteiger partial charge in [0.1, 0.15) is 0 Å². The van der Waals surface area contributed by atoms with Gasteiger partial charge in [0.2, 0.25) is 5.91 Å². The van der Waals surface area contributed by atoms with Crippen molar-refractivity contribution in [2.24, 2.45) is 17.6 Å². The van der Waals surface area contributed by atoms with E-state index >= 15 is 0 Å². The van der Waals surface area contributed by atoms with E-state index in [-0.39, 0.29) is 24.5 Å². The highest BCUT2D eigenvalue weighted by Crippen LogP contribution is 2.14. The smallest absolute Gasteiger partial charge is 0.220 e. The summed E-state index contributed by atoms with van der Waals surface area (Å²) in [4.78, 5) is 11.9. The fourth-order valence-electron chi connectivity index (χ4n) is 2.03. The van der Waals surface area contributed by atoms with Crippen LogP contribution in [-0.4, -0.2) is 43.9 Å². The first-order chi connectivity index (χ1) is 8.53. The summed E-state index contributed by atoms with van der Waals surface area (Å²) in [6, 6.07) is -0.120. The lowest BCUT2D eigenvalue weighted by atomic mass is 9.94. The zero-order chi connectivity index (χ0) is 14.0. The number of hydrogen-bond donors (Lipinski definition) is 3. The van der Waals surface area contributed by atoms with E-state index < -0.39 is 0 Å².